The predicted octanol–water partition coefficient (Wildman–Crippen LogP) is 1.93. The number of amides is 2. The van der Waals surface area contributed by atoms with Gasteiger partial charge in [0.15, 0.2) is 0 Å². The number of likely N-dealkylation sites (tertiary alicyclic amines) is 1. The first-order valence-corrected chi connectivity index (χ1v) is 6.75. The maximum atomic E-state index is 12.3. The van der Waals surface area contributed by atoms with Crippen LogP contribution in [0.5, 0.6) is 0 Å². The zero-order chi connectivity index (χ0) is 13.1. The molecule has 1 aliphatic rings. The molecule has 0 aliphatic carbocycles. The number of hydrogen-bond donors (Lipinski definition) is 1. The standard InChI is InChI=1S/C13H15BrN2O2/c14-10-6-4-9(5-7-10)13(18)16-8-2-1-3-11(16)12(15)17/h4-7,11H,1-3,8H2,(H2,15,17). The summed E-state index contributed by atoms with van der Waals surface area (Å²) in [6.07, 6.45) is 2.53. The van der Waals surface area contributed by atoms with E-state index in [-0.39, 0.29) is 5.91 Å². The van der Waals surface area contributed by atoms with Crippen molar-refractivity contribution in [2.45, 2.75) is 25.3 Å². The smallest absolute Gasteiger partial charge is 0.254 e. The third-order valence-electron chi connectivity index (χ3n) is 3.18. The average molecular weight is 311 g/mol. The highest BCUT2D eigenvalue weighted by atomic mass is 79.9. The van der Waals surface area contributed by atoms with Gasteiger partial charge in [-0.1, -0.05) is 15.9 Å². The van der Waals surface area contributed by atoms with Crippen LogP contribution < -0.4 is 5.73 Å². The number of halogens is 1. The Morgan fingerprint density at radius 1 is 1.22 bits per heavy atom. The lowest BCUT2D eigenvalue weighted by atomic mass is 10.0. The maximum Gasteiger partial charge on any atom is 0.254 e. The van der Waals surface area contributed by atoms with E-state index in [2.05, 4.69) is 15.9 Å². The molecular formula is C13H15BrN2O2. The maximum absolute atomic E-state index is 12.3. The summed E-state index contributed by atoms with van der Waals surface area (Å²) in [5, 5.41) is 0. The Kier molecular flexibility index (Phi) is 4.01. The van der Waals surface area contributed by atoms with Gasteiger partial charge in [-0.05, 0) is 43.5 Å². The molecule has 18 heavy (non-hydrogen) atoms. The van der Waals surface area contributed by atoms with Gasteiger partial charge in [0.2, 0.25) is 5.91 Å². The number of rotatable bonds is 2. The van der Waals surface area contributed by atoms with Crippen LogP contribution in [0.1, 0.15) is 29.6 Å². The number of nitrogens with zero attached hydrogens (tertiary/aromatic N) is 1. The number of hydrogen-bond acceptors (Lipinski definition) is 2. The molecule has 0 bridgehead atoms. The first-order valence-electron chi connectivity index (χ1n) is 5.95. The van der Waals surface area contributed by atoms with Crippen molar-refractivity contribution in [3.8, 4) is 0 Å². The fourth-order valence-corrected chi connectivity index (χ4v) is 2.49. The fourth-order valence-electron chi connectivity index (χ4n) is 2.23. The van der Waals surface area contributed by atoms with Crippen molar-refractivity contribution < 1.29 is 9.59 Å². The molecule has 2 rings (SSSR count). The Morgan fingerprint density at radius 2 is 1.89 bits per heavy atom. The molecule has 2 amide bonds. The monoisotopic (exact) mass is 310 g/mol. The molecule has 0 radical (unpaired) electrons. The van der Waals surface area contributed by atoms with E-state index in [1.165, 1.54) is 0 Å². The summed E-state index contributed by atoms with van der Waals surface area (Å²) in [6, 6.07) is 6.67. The molecule has 5 heteroatoms. The lowest BCUT2D eigenvalue weighted by Crippen LogP contribution is -2.50. The minimum Gasteiger partial charge on any atom is -0.368 e. The predicted molar refractivity (Wildman–Crippen MR) is 72.0 cm³/mol. The molecule has 96 valence electrons. The van der Waals surface area contributed by atoms with Gasteiger partial charge in [-0.2, -0.15) is 0 Å². The summed E-state index contributed by atoms with van der Waals surface area (Å²) in [5.41, 5.74) is 5.95. The lowest BCUT2D eigenvalue weighted by Gasteiger charge is -2.33. The van der Waals surface area contributed by atoms with E-state index >= 15 is 0 Å². The van der Waals surface area contributed by atoms with Crippen LogP contribution in [0.15, 0.2) is 28.7 Å². The van der Waals surface area contributed by atoms with E-state index in [4.69, 9.17) is 5.73 Å². The van der Waals surface area contributed by atoms with Crippen LogP contribution in [0.4, 0.5) is 0 Å². The lowest BCUT2D eigenvalue weighted by molar-refractivity contribution is -0.123. The highest BCUT2D eigenvalue weighted by Gasteiger charge is 2.30. The summed E-state index contributed by atoms with van der Waals surface area (Å²) >= 11 is 3.33. The first kappa shape index (κ1) is 13.1. The van der Waals surface area contributed by atoms with Gasteiger partial charge in [0.25, 0.3) is 5.91 Å². The van der Waals surface area contributed by atoms with Gasteiger partial charge in [0, 0.05) is 16.6 Å². The molecule has 1 fully saturated rings. The van der Waals surface area contributed by atoms with Gasteiger partial charge in [-0.3, -0.25) is 9.59 Å². The van der Waals surface area contributed by atoms with Crippen LogP contribution in [0, 0.1) is 0 Å². The third kappa shape index (κ3) is 2.72. The second-order valence-corrected chi connectivity index (χ2v) is 5.34. The van der Waals surface area contributed by atoms with E-state index in [0.717, 1.165) is 17.3 Å². The summed E-state index contributed by atoms with van der Waals surface area (Å²) in [6.45, 7) is 0.600. The van der Waals surface area contributed by atoms with Crippen molar-refractivity contribution in [3.05, 3.63) is 34.3 Å². The molecule has 0 saturated carbocycles. The van der Waals surface area contributed by atoms with Crippen molar-refractivity contribution in [3.63, 3.8) is 0 Å². The molecule has 0 aromatic heterocycles. The molecular weight excluding hydrogens is 296 g/mol. The van der Waals surface area contributed by atoms with E-state index in [1.807, 2.05) is 12.1 Å². The molecule has 0 spiro atoms. The minimum atomic E-state index is -0.463. The second-order valence-electron chi connectivity index (χ2n) is 4.42. The van der Waals surface area contributed by atoms with Crippen LogP contribution in [-0.4, -0.2) is 29.3 Å². The Labute approximate surface area is 114 Å². The van der Waals surface area contributed by atoms with Crippen LogP contribution in [-0.2, 0) is 4.79 Å². The first-order chi connectivity index (χ1) is 8.59. The topological polar surface area (TPSA) is 63.4 Å². The number of primary amides is 1. The summed E-state index contributed by atoms with van der Waals surface area (Å²) in [5.74, 6) is -0.536. The Morgan fingerprint density at radius 3 is 2.50 bits per heavy atom. The molecule has 2 N–H and O–H groups in total. The van der Waals surface area contributed by atoms with Gasteiger partial charge < -0.3 is 10.6 Å². The largest absolute Gasteiger partial charge is 0.368 e. The Hall–Kier alpha value is -1.36. The van der Waals surface area contributed by atoms with Crippen LogP contribution in [0.3, 0.4) is 0 Å². The highest BCUT2D eigenvalue weighted by molar-refractivity contribution is 9.10. The number of nitrogens with two attached hydrogens (primary N) is 1. The van der Waals surface area contributed by atoms with E-state index < -0.39 is 11.9 Å². The molecule has 1 aliphatic heterocycles. The fraction of sp³-hybridized carbons (Fsp3) is 0.385. The zero-order valence-corrected chi connectivity index (χ0v) is 11.5. The zero-order valence-electron chi connectivity index (χ0n) is 9.93. The van der Waals surface area contributed by atoms with Crippen molar-refractivity contribution in [1.82, 2.24) is 4.90 Å². The second kappa shape index (κ2) is 5.52. The number of carbonyl (C=O) groups excluding carboxylic acids is 2. The van der Waals surface area contributed by atoms with E-state index in [0.29, 0.717) is 18.5 Å². The van der Waals surface area contributed by atoms with Crippen molar-refractivity contribution in [2.24, 2.45) is 5.73 Å². The highest BCUT2D eigenvalue weighted by Crippen LogP contribution is 2.20. The van der Waals surface area contributed by atoms with Crippen molar-refractivity contribution >= 4 is 27.7 Å². The van der Waals surface area contributed by atoms with Gasteiger partial charge in [0.1, 0.15) is 6.04 Å². The molecule has 1 aromatic carbocycles. The van der Waals surface area contributed by atoms with Crippen LogP contribution in [0.2, 0.25) is 0 Å². The number of piperidine rings is 1. The Balaban J connectivity index is 2.20. The third-order valence-corrected chi connectivity index (χ3v) is 3.71. The molecule has 1 saturated heterocycles. The van der Waals surface area contributed by atoms with Crippen LogP contribution in [0.25, 0.3) is 0 Å². The summed E-state index contributed by atoms with van der Waals surface area (Å²) < 4.78 is 0.921. The molecule has 1 aromatic rings. The Bertz CT molecular complexity index is 459. The quantitative estimate of drug-likeness (QED) is 0.907. The van der Waals surface area contributed by atoms with Gasteiger partial charge in [-0.25, -0.2) is 0 Å². The average Bonchev–Trinajstić information content (AvgIpc) is 2.39. The molecule has 1 unspecified atom stereocenters. The van der Waals surface area contributed by atoms with E-state index in [9.17, 15) is 9.59 Å². The van der Waals surface area contributed by atoms with Gasteiger partial charge >= 0.3 is 0 Å². The van der Waals surface area contributed by atoms with Crippen LogP contribution >= 0.6 is 15.9 Å². The minimum absolute atomic E-state index is 0.119. The molecule has 4 nitrogen and oxygen atoms in total. The molecule has 1 atom stereocenters. The van der Waals surface area contributed by atoms with Gasteiger partial charge in [-0.15, -0.1) is 0 Å². The van der Waals surface area contributed by atoms with Crippen molar-refractivity contribution in [2.75, 3.05) is 6.54 Å². The molecule has 1 heterocycles. The number of carbonyl (C=O) groups is 2. The summed E-state index contributed by atoms with van der Waals surface area (Å²) in [7, 11) is 0. The summed E-state index contributed by atoms with van der Waals surface area (Å²) in [4.78, 5) is 25.3. The van der Waals surface area contributed by atoms with E-state index in [1.54, 1.807) is 17.0 Å². The normalized spacial score (nSPS) is 19.6. The number of benzene rings is 1. The van der Waals surface area contributed by atoms with Gasteiger partial charge in [0.05, 0.1) is 0 Å². The SMILES string of the molecule is NC(=O)C1CCCCN1C(=O)c1ccc(Br)cc1. The van der Waals surface area contributed by atoms with Crippen molar-refractivity contribution in [1.29, 1.82) is 0 Å².